The summed E-state index contributed by atoms with van der Waals surface area (Å²) in [6.45, 7) is 4.12. The fourth-order valence-corrected chi connectivity index (χ4v) is 3.63. The van der Waals surface area contributed by atoms with Crippen LogP contribution in [-0.2, 0) is 0 Å². The molecular weight excluding hydrogens is 353 g/mol. The molecule has 0 spiro atoms. The maximum atomic E-state index is 6.27. The Morgan fingerprint density at radius 1 is 1.13 bits per heavy atom. The molecule has 23 heavy (non-hydrogen) atoms. The van der Waals surface area contributed by atoms with E-state index in [1.54, 1.807) is 17.4 Å². The summed E-state index contributed by atoms with van der Waals surface area (Å²) in [4.78, 5) is 0.977. The second kappa shape index (κ2) is 7.01. The van der Waals surface area contributed by atoms with Gasteiger partial charge in [-0.15, -0.1) is 21.5 Å². The highest BCUT2D eigenvalue weighted by Crippen LogP contribution is 2.26. The van der Waals surface area contributed by atoms with Crippen LogP contribution >= 0.6 is 34.5 Å². The summed E-state index contributed by atoms with van der Waals surface area (Å²) in [6, 6.07) is 9.65. The van der Waals surface area contributed by atoms with Crippen molar-refractivity contribution in [1.29, 1.82) is 0 Å². The van der Waals surface area contributed by atoms with Gasteiger partial charge in [-0.2, -0.15) is 0 Å². The number of benzene rings is 1. The molecule has 0 unspecified atom stereocenters. The van der Waals surface area contributed by atoms with E-state index in [9.17, 15) is 0 Å². The Labute approximate surface area is 148 Å². The van der Waals surface area contributed by atoms with Gasteiger partial charge >= 0.3 is 0 Å². The van der Waals surface area contributed by atoms with Crippen LogP contribution in [-0.4, -0.2) is 10.2 Å². The Balaban J connectivity index is 1.72. The highest BCUT2D eigenvalue weighted by Gasteiger charge is 2.22. The molecule has 120 valence electrons. The zero-order valence-electron chi connectivity index (χ0n) is 12.7. The Bertz CT molecular complexity index is 788. The lowest BCUT2D eigenvalue weighted by molar-refractivity contribution is -0.730. The van der Waals surface area contributed by atoms with Crippen LogP contribution < -0.4 is 5.32 Å². The lowest BCUT2D eigenvalue weighted by atomic mass is 10.1. The maximum Gasteiger partial charge on any atom is 0.274 e. The zero-order chi connectivity index (χ0) is 16.4. The first-order valence-corrected chi connectivity index (χ1v) is 8.85. The molecule has 0 radical (unpaired) electrons. The van der Waals surface area contributed by atoms with Crippen LogP contribution in [0.1, 0.15) is 37.4 Å². The van der Waals surface area contributed by atoms with Gasteiger partial charge in [-0.3, -0.25) is 0 Å². The lowest BCUT2D eigenvalue weighted by Crippen LogP contribution is -2.85. The summed E-state index contributed by atoms with van der Waals surface area (Å²) in [5.74, 6) is 1.16. The molecule has 7 heteroatoms. The van der Waals surface area contributed by atoms with Crippen molar-refractivity contribution in [3.63, 3.8) is 0 Å². The first-order chi connectivity index (χ1) is 11.0. The number of nitrogens with zero attached hydrogens (tertiary/aromatic N) is 2. The summed E-state index contributed by atoms with van der Waals surface area (Å²) in [7, 11) is 0. The fourth-order valence-electron chi connectivity index (χ4n) is 2.41. The fraction of sp³-hybridized carbons (Fsp3) is 0.250. The average Bonchev–Trinajstić information content (AvgIpc) is 3.18. The van der Waals surface area contributed by atoms with Crippen LogP contribution in [0.2, 0.25) is 10.0 Å². The van der Waals surface area contributed by atoms with Crippen LogP contribution in [0, 0.1) is 0 Å². The molecule has 2 N–H and O–H groups in total. The Hall–Kier alpha value is -1.40. The molecule has 2 heterocycles. The molecule has 0 bridgehead atoms. The van der Waals surface area contributed by atoms with Crippen LogP contribution in [0.4, 0.5) is 0 Å². The predicted octanol–water partition coefficient (Wildman–Crippen LogP) is 4.49. The molecule has 2 atom stereocenters. The van der Waals surface area contributed by atoms with E-state index in [0.29, 0.717) is 21.8 Å². The molecule has 0 saturated carbocycles. The lowest BCUT2D eigenvalue weighted by Gasteiger charge is -2.15. The third-order valence-corrected chi connectivity index (χ3v) is 5.01. The Morgan fingerprint density at radius 3 is 2.65 bits per heavy atom. The van der Waals surface area contributed by atoms with Gasteiger partial charge in [0.25, 0.3) is 11.8 Å². The van der Waals surface area contributed by atoms with Gasteiger partial charge in [-0.25, -0.2) is 0 Å². The SMILES string of the molecule is C[C@H]([NH2+][C@H](C)c1ccc(Cl)cc1Cl)c1nnc(-c2cccs2)o1. The maximum absolute atomic E-state index is 6.27. The third kappa shape index (κ3) is 3.75. The quantitative estimate of drug-likeness (QED) is 0.721. The van der Waals surface area contributed by atoms with E-state index in [1.807, 2.05) is 36.6 Å². The predicted molar refractivity (Wildman–Crippen MR) is 92.8 cm³/mol. The van der Waals surface area contributed by atoms with Crippen molar-refractivity contribution in [2.45, 2.75) is 25.9 Å². The van der Waals surface area contributed by atoms with Crippen molar-refractivity contribution in [2.24, 2.45) is 0 Å². The van der Waals surface area contributed by atoms with E-state index in [0.717, 1.165) is 10.4 Å². The van der Waals surface area contributed by atoms with Crippen LogP contribution in [0.15, 0.2) is 40.1 Å². The molecule has 3 aromatic rings. The number of halogens is 2. The van der Waals surface area contributed by atoms with Gasteiger partial charge in [0.15, 0.2) is 6.04 Å². The smallest absolute Gasteiger partial charge is 0.274 e. The van der Waals surface area contributed by atoms with Crippen LogP contribution in [0.25, 0.3) is 10.8 Å². The average molecular weight is 369 g/mol. The molecule has 0 aliphatic rings. The van der Waals surface area contributed by atoms with Gasteiger partial charge in [0.2, 0.25) is 0 Å². The number of rotatable bonds is 5. The monoisotopic (exact) mass is 368 g/mol. The molecule has 0 fully saturated rings. The summed E-state index contributed by atoms with van der Waals surface area (Å²) in [5.41, 5.74) is 1.03. The number of nitrogens with two attached hydrogens (primary N) is 1. The molecule has 0 aliphatic carbocycles. The number of hydrogen-bond acceptors (Lipinski definition) is 4. The van der Waals surface area contributed by atoms with Gasteiger partial charge in [-0.1, -0.05) is 35.3 Å². The highest BCUT2D eigenvalue weighted by atomic mass is 35.5. The second-order valence-corrected chi connectivity index (χ2v) is 7.15. The molecule has 0 aliphatic heterocycles. The summed E-state index contributed by atoms with van der Waals surface area (Å²) >= 11 is 13.8. The molecule has 4 nitrogen and oxygen atoms in total. The molecule has 2 aromatic heterocycles. The Morgan fingerprint density at radius 2 is 1.96 bits per heavy atom. The largest absolute Gasteiger partial charge is 0.414 e. The number of thiophene rings is 1. The zero-order valence-corrected chi connectivity index (χ0v) is 15.0. The van der Waals surface area contributed by atoms with Crippen LogP contribution in [0.3, 0.4) is 0 Å². The second-order valence-electron chi connectivity index (χ2n) is 5.36. The van der Waals surface area contributed by atoms with Crippen molar-refractivity contribution < 1.29 is 9.73 Å². The minimum Gasteiger partial charge on any atom is -0.414 e. The van der Waals surface area contributed by atoms with Gasteiger partial charge in [0.05, 0.1) is 9.90 Å². The van der Waals surface area contributed by atoms with E-state index in [1.165, 1.54) is 0 Å². The van der Waals surface area contributed by atoms with E-state index in [-0.39, 0.29) is 12.1 Å². The minimum absolute atomic E-state index is 0.0259. The van der Waals surface area contributed by atoms with E-state index in [2.05, 4.69) is 22.4 Å². The highest BCUT2D eigenvalue weighted by molar-refractivity contribution is 7.13. The molecule has 0 amide bonds. The molecule has 1 aromatic carbocycles. The van der Waals surface area contributed by atoms with E-state index >= 15 is 0 Å². The van der Waals surface area contributed by atoms with Gasteiger partial charge in [0.1, 0.15) is 6.04 Å². The first-order valence-electron chi connectivity index (χ1n) is 7.22. The topological polar surface area (TPSA) is 55.5 Å². The number of hydrogen-bond donors (Lipinski definition) is 1. The summed E-state index contributed by atoms with van der Waals surface area (Å²) in [6.07, 6.45) is 0. The normalized spacial score (nSPS) is 13.9. The molecule has 0 saturated heterocycles. The van der Waals surface area contributed by atoms with Crippen molar-refractivity contribution >= 4 is 34.5 Å². The third-order valence-electron chi connectivity index (χ3n) is 3.59. The van der Waals surface area contributed by atoms with Crippen molar-refractivity contribution in [3.8, 4) is 10.8 Å². The van der Waals surface area contributed by atoms with E-state index in [4.69, 9.17) is 27.6 Å². The standard InChI is InChI=1S/C16H15Cl2N3OS/c1-9(12-6-5-11(17)8-13(12)18)19-10(2)15-20-21-16(22-15)14-4-3-7-23-14/h3-10,19H,1-2H3/p+1/t9-,10+/m1/s1. The van der Waals surface area contributed by atoms with Gasteiger partial charge in [0, 0.05) is 10.6 Å². The number of aromatic nitrogens is 2. The molecular formula is C16H16Cl2N3OS+. The van der Waals surface area contributed by atoms with Gasteiger partial charge in [-0.05, 0) is 37.4 Å². The first kappa shape index (κ1) is 16.5. The van der Waals surface area contributed by atoms with Crippen molar-refractivity contribution in [2.75, 3.05) is 0 Å². The molecule has 3 rings (SSSR count). The van der Waals surface area contributed by atoms with Crippen molar-refractivity contribution in [1.82, 2.24) is 10.2 Å². The summed E-state index contributed by atoms with van der Waals surface area (Å²) < 4.78 is 5.78. The van der Waals surface area contributed by atoms with E-state index < -0.39 is 0 Å². The van der Waals surface area contributed by atoms with Gasteiger partial charge < -0.3 is 9.73 Å². The minimum atomic E-state index is 0.0259. The van der Waals surface area contributed by atoms with Crippen molar-refractivity contribution in [3.05, 3.63) is 57.2 Å². The van der Waals surface area contributed by atoms with Crippen LogP contribution in [0.5, 0.6) is 0 Å². The Kier molecular flexibility index (Phi) is 5.02. The number of quaternary nitrogens is 1. The summed E-state index contributed by atoms with van der Waals surface area (Å²) in [5, 5.41) is 13.7.